The Kier molecular flexibility index (Phi) is 2.80. The average molecular weight is 251 g/mol. The fourth-order valence-electron chi connectivity index (χ4n) is 2.20. The zero-order chi connectivity index (χ0) is 11.7. The summed E-state index contributed by atoms with van der Waals surface area (Å²) in [6, 6.07) is -0.445. The van der Waals surface area contributed by atoms with Crippen LogP contribution in [0.15, 0.2) is 16.6 Å². The highest BCUT2D eigenvalue weighted by Crippen LogP contribution is 2.30. The van der Waals surface area contributed by atoms with Crippen LogP contribution < -0.4 is 0 Å². The normalized spacial score (nSPS) is 27.4. The van der Waals surface area contributed by atoms with Crippen molar-refractivity contribution in [1.29, 1.82) is 0 Å². The highest BCUT2D eigenvalue weighted by Gasteiger charge is 2.38. The predicted molar refractivity (Wildman–Crippen MR) is 64.0 cm³/mol. The molecule has 2 atom stereocenters. The lowest BCUT2D eigenvalue weighted by Gasteiger charge is -2.21. The standard InChI is InChI=1S/C11H13N3O2S/c15-11(14-4-1-2-5-14)8-9(16-7-13-8)10-12-3-6-17-10/h3,6-9H,1-2,4-5H2/t8-,9?/m0/s1. The minimum absolute atomic E-state index is 0.0662. The van der Waals surface area contributed by atoms with Gasteiger partial charge >= 0.3 is 0 Å². The molecule has 0 spiro atoms. The number of carbonyl (C=O) groups is 1. The van der Waals surface area contributed by atoms with E-state index in [1.807, 2.05) is 10.3 Å². The van der Waals surface area contributed by atoms with Crippen LogP contribution in [0.2, 0.25) is 0 Å². The van der Waals surface area contributed by atoms with E-state index in [9.17, 15) is 4.79 Å². The van der Waals surface area contributed by atoms with Gasteiger partial charge in [0.2, 0.25) is 0 Å². The molecule has 90 valence electrons. The molecule has 17 heavy (non-hydrogen) atoms. The second-order valence-corrected chi connectivity index (χ2v) is 5.08. The van der Waals surface area contributed by atoms with E-state index >= 15 is 0 Å². The molecular formula is C11H13N3O2S. The molecule has 3 rings (SSSR count). The van der Waals surface area contributed by atoms with Gasteiger partial charge in [0, 0.05) is 24.7 Å². The Bertz CT molecular complexity index is 426. The summed E-state index contributed by atoms with van der Waals surface area (Å²) >= 11 is 1.50. The van der Waals surface area contributed by atoms with Crippen LogP contribution in [0.3, 0.4) is 0 Å². The molecule has 0 bridgehead atoms. The molecule has 1 fully saturated rings. The monoisotopic (exact) mass is 251 g/mol. The fraction of sp³-hybridized carbons (Fsp3) is 0.545. The summed E-state index contributed by atoms with van der Waals surface area (Å²) in [5, 5.41) is 2.70. The average Bonchev–Trinajstić information content (AvgIpc) is 3.09. The maximum Gasteiger partial charge on any atom is 0.251 e. The molecule has 1 aromatic heterocycles. The Morgan fingerprint density at radius 2 is 2.29 bits per heavy atom. The molecule has 0 saturated carbocycles. The van der Waals surface area contributed by atoms with E-state index in [-0.39, 0.29) is 12.0 Å². The van der Waals surface area contributed by atoms with Crippen LogP contribution in [-0.2, 0) is 9.53 Å². The Hall–Kier alpha value is -1.43. The van der Waals surface area contributed by atoms with Crippen molar-refractivity contribution in [2.75, 3.05) is 13.1 Å². The van der Waals surface area contributed by atoms with Crippen LogP contribution in [0.4, 0.5) is 0 Å². The molecule has 2 aliphatic heterocycles. The number of aromatic nitrogens is 1. The second-order valence-electron chi connectivity index (χ2n) is 4.16. The van der Waals surface area contributed by atoms with Crippen molar-refractivity contribution in [3.8, 4) is 0 Å². The van der Waals surface area contributed by atoms with Gasteiger partial charge < -0.3 is 9.64 Å². The van der Waals surface area contributed by atoms with E-state index in [2.05, 4.69) is 9.98 Å². The van der Waals surface area contributed by atoms with Crippen LogP contribution in [0, 0.1) is 0 Å². The van der Waals surface area contributed by atoms with Gasteiger partial charge in [-0.05, 0) is 12.8 Å². The first-order valence-electron chi connectivity index (χ1n) is 5.71. The first-order chi connectivity index (χ1) is 8.36. The third-order valence-corrected chi connectivity index (χ3v) is 3.92. The molecule has 1 unspecified atom stereocenters. The summed E-state index contributed by atoms with van der Waals surface area (Å²) in [7, 11) is 0. The number of ether oxygens (including phenoxy) is 1. The van der Waals surface area contributed by atoms with Gasteiger partial charge in [0.15, 0.2) is 18.5 Å². The number of hydrogen-bond acceptors (Lipinski definition) is 5. The van der Waals surface area contributed by atoms with Gasteiger partial charge in [0.1, 0.15) is 5.01 Å². The Balaban J connectivity index is 1.77. The lowest BCUT2D eigenvalue weighted by Crippen LogP contribution is -2.38. The highest BCUT2D eigenvalue weighted by molar-refractivity contribution is 7.09. The molecule has 3 heterocycles. The van der Waals surface area contributed by atoms with Crippen LogP contribution in [0.25, 0.3) is 0 Å². The van der Waals surface area contributed by atoms with Crippen LogP contribution in [-0.4, -0.2) is 41.3 Å². The molecule has 0 radical (unpaired) electrons. The number of nitrogens with zero attached hydrogens (tertiary/aromatic N) is 3. The van der Waals surface area contributed by atoms with Crippen LogP contribution >= 0.6 is 11.3 Å². The Morgan fingerprint density at radius 1 is 1.47 bits per heavy atom. The number of carbonyl (C=O) groups excluding carboxylic acids is 1. The van der Waals surface area contributed by atoms with E-state index in [0.29, 0.717) is 0 Å². The summed E-state index contributed by atoms with van der Waals surface area (Å²) in [6.45, 7) is 1.69. The van der Waals surface area contributed by atoms with Gasteiger partial charge in [-0.3, -0.25) is 4.79 Å². The summed E-state index contributed by atoms with van der Waals surface area (Å²) in [4.78, 5) is 22.5. The van der Waals surface area contributed by atoms with Gasteiger partial charge in [-0.15, -0.1) is 11.3 Å². The largest absolute Gasteiger partial charge is 0.470 e. The summed E-state index contributed by atoms with van der Waals surface area (Å²) in [5.41, 5.74) is 0. The molecule has 6 heteroatoms. The quantitative estimate of drug-likeness (QED) is 0.794. The predicted octanol–water partition coefficient (Wildman–Crippen LogP) is 1.23. The van der Waals surface area contributed by atoms with Crippen molar-refractivity contribution in [3.63, 3.8) is 0 Å². The maximum atomic E-state index is 12.3. The lowest BCUT2D eigenvalue weighted by atomic mass is 10.1. The minimum Gasteiger partial charge on any atom is -0.470 e. The van der Waals surface area contributed by atoms with Crippen molar-refractivity contribution < 1.29 is 9.53 Å². The molecule has 0 aromatic carbocycles. The zero-order valence-electron chi connectivity index (χ0n) is 9.28. The molecule has 1 amide bonds. The number of thiazole rings is 1. The molecule has 5 nitrogen and oxygen atoms in total. The van der Waals surface area contributed by atoms with Crippen LogP contribution in [0.1, 0.15) is 24.0 Å². The van der Waals surface area contributed by atoms with E-state index in [0.717, 1.165) is 30.9 Å². The number of likely N-dealkylation sites (tertiary alicyclic amines) is 1. The third kappa shape index (κ3) is 1.93. The van der Waals surface area contributed by atoms with Crippen LogP contribution in [0.5, 0.6) is 0 Å². The molecular weight excluding hydrogens is 238 g/mol. The number of amides is 1. The third-order valence-electron chi connectivity index (χ3n) is 3.08. The molecule has 0 aliphatic carbocycles. The van der Waals surface area contributed by atoms with Gasteiger partial charge in [-0.25, -0.2) is 9.98 Å². The number of hydrogen-bond donors (Lipinski definition) is 0. The van der Waals surface area contributed by atoms with E-state index in [4.69, 9.17) is 4.74 Å². The maximum absolute atomic E-state index is 12.3. The van der Waals surface area contributed by atoms with Gasteiger partial charge in [0.25, 0.3) is 5.91 Å². The minimum atomic E-state index is -0.445. The second kappa shape index (κ2) is 4.44. The van der Waals surface area contributed by atoms with Gasteiger partial charge in [-0.1, -0.05) is 0 Å². The molecule has 1 saturated heterocycles. The SMILES string of the molecule is O=C([C@H]1N=COC1c1nccs1)N1CCCC1. The first kappa shape index (κ1) is 10.7. The molecule has 2 aliphatic rings. The lowest BCUT2D eigenvalue weighted by molar-refractivity contribution is -0.133. The van der Waals surface area contributed by atoms with Gasteiger partial charge in [-0.2, -0.15) is 0 Å². The highest BCUT2D eigenvalue weighted by atomic mass is 32.1. The van der Waals surface area contributed by atoms with E-state index < -0.39 is 6.04 Å². The summed E-state index contributed by atoms with van der Waals surface area (Å²) < 4.78 is 5.40. The van der Waals surface area contributed by atoms with E-state index in [1.54, 1.807) is 6.20 Å². The molecule has 0 N–H and O–H groups in total. The van der Waals surface area contributed by atoms with Crippen molar-refractivity contribution in [2.24, 2.45) is 4.99 Å². The topological polar surface area (TPSA) is 54.8 Å². The van der Waals surface area contributed by atoms with Crippen molar-refractivity contribution in [1.82, 2.24) is 9.88 Å². The Morgan fingerprint density at radius 3 is 3.00 bits per heavy atom. The zero-order valence-corrected chi connectivity index (χ0v) is 10.1. The smallest absolute Gasteiger partial charge is 0.251 e. The summed E-state index contributed by atoms with van der Waals surface area (Å²) in [5.74, 6) is 0.0662. The fourth-order valence-corrected chi connectivity index (χ4v) is 2.91. The Labute approximate surface area is 103 Å². The molecule has 1 aromatic rings. The van der Waals surface area contributed by atoms with E-state index in [1.165, 1.54) is 17.7 Å². The van der Waals surface area contributed by atoms with Crippen molar-refractivity contribution >= 4 is 23.6 Å². The summed E-state index contributed by atoms with van der Waals surface area (Å²) in [6.07, 6.45) is 4.95. The van der Waals surface area contributed by atoms with Crippen molar-refractivity contribution in [2.45, 2.75) is 25.0 Å². The number of aliphatic imine (C=N–C) groups is 1. The van der Waals surface area contributed by atoms with Crippen molar-refractivity contribution in [3.05, 3.63) is 16.6 Å². The number of rotatable bonds is 2. The first-order valence-corrected chi connectivity index (χ1v) is 6.59. The van der Waals surface area contributed by atoms with Gasteiger partial charge in [0.05, 0.1) is 0 Å².